The highest BCUT2D eigenvalue weighted by atomic mass is 35.5. The van der Waals surface area contributed by atoms with Crippen LogP contribution in [-0.4, -0.2) is 28.2 Å². The number of nitrogens with one attached hydrogen (secondary N) is 1. The van der Waals surface area contributed by atoms with Gasteiger partial charge < -0.3 is 15.0 Å². The highest BCUT2D eigenvalue weighted by Gasteiger charge is 2.16. The summed E-state index contributed by atoms with van der Waals surface area (Å²) in [5, 5.41) is 12.2. The molecule has 0 spiro atoms. The summed E-state index contributed by atoms with van der Waals surface area (Å²) in [6.45, 7) is 6.08. The SMILES string of the molecule is CC(CCCO)NC(=O)c1cc(Cl)cn1C(C)C. The Labute approximate surface area is 113 Å². The van der Waals surface area contributed by atoms with Crippen LogP contribution in [0.3, 0.4) is 0 Å². The number of carbonyl (C=O) groups is 1. The summed E-state index contributed by atoms with van der Waals surface area (Å²) >= 11 is 5.94. The lowest BCUT2D eigenvalue weighted by Crippen LogP contribution is -2.34. The van der Waals surface area contributed by atoms with E-state index in [1.807, 2.05) is 25.3 Å². The molecule has 1 heterocycles. The van der Waals surface area contributed by atoms with Gasteiger partial charge in [0.05, 0.1) is 5.02 Å². The summed E-state index contributed by atoms with van der Waals surface area (Å²) in [6.07, 6.45) is 3.21. The largest absolute Gasteiger partial charge is 0.396 e. The Morgan fingerprint density at radius 2 is 2.17 bits per heavy atom. The van der Waals surface area contributed by atoms with E-state index in [0.29, 0.717) is 17.1 Å². The van der Waals surface area contributed by atoms with Crippen molar-refractivity contribution in [3.63, 3.8) is 0 Å². The molecule has 0 saturated heterocycles. The average molecular weight is 273 g/mol. The van der Waals surface area contributed by atoms with E-state index in [0.717, 1.165) is 6.42 Å². The van der Waals surface area contributed by atoms with Crippen LogP contribution in [0.2, 0.25) is 5.02 Å². The molecular weight excluding hydrogens is 252 g/mol. The molecule has 0 aliphatic carbocycles. The molecule has 1 unspecified atom stereocenters. The lowest BCUT2D eigenvalue weighted by molar-refractivity contribution is 0.0925. The van der Waals surface area contributed by atoms with Gasteiger partial charge in [0, 0.05) is 24.9 Å². The zero-order valence-corrected chi connectivity index (χ0v) is 11.9. The lowest BCUT2D eigenvalue weighted by atomic mass is 10.2. The van der Waals surface area contributed by atoms with Crippen LogP contribution in [0.25, 0.3) is 0 Å². The van der Waals surface area contributed by atoms with E-state index in [1.165, 1.54) is 0 Å². The normalized spacial score (nSPS) is 12.8. The number of nitrogens with zero attached hydrogens (tertiary/aromatic N) is 1. The summed E-state index contributed by atoms with van der Waals surface area (Å²) in [6, 6.07) is 1.90. The Morgan fingerprint density at radius 3 is 2.72 bits per heavy atom. The van der Waals surface area contributed by atoms with Gasteiger partial charge in [-0.3, -0.25) is 4.79 Å². The molecule has 1 atom stereocenters. The molecule has 1 rings (SSSR count). The van der Waals surface area contributed by atoms with Gasteiger partial charge in [0.2, 0.25) is 0 Å². The number of rotatable bonds is 6. The third kappa shape index (κ3) is 4.03. The molecule has 102 valence electrons. The first-order chi connectivity index (χ1) is 8.45. The van der Waals surface area contributed by atoms with Crippen molar-refractivity contribution in [1.29, 1.82) is 0 Å². The van der Waals surface area contributed by atoms with Crippen molar-refractivity contribution in [2.45, 2.75) is 45.7 Å². The predicted molar refractivity (Wildman–Crippen MR) is 73.1 cm³/mol. The highest BCUT2D eigenvalue weighted by Crippen LogP contribution is 2.19. The maximum atomic E-state index is 12.1. The average Bonchev–Trinajstić information content (AvgIpc) is 2.69. The Balaban J connectivity index is 2.72. The zero-order chi connectivity index (χ0) is 13.7. The van der Waals surface area contributed by atoms with E-state index in [9.17, 15) is 4.79 Å². The molecule has 0 saturated carbocycles. The van der Waals surface area contributed by atoms with Gasteiger partial charge in [0.25, 0.3) is 5.91 Å². The topological polar surface area (TPSA) is 54.3 Å². The van der Waals surface area contributed by atoms with Crippen LogP contribution in [0.5, 0.6) is 0 Å². The van der Waals surface area contributed by atoms with E-state index >= 15 is 0 Å². The molecule has 18 heavy (non-hydrogen) atoms. The molecule has 1 aromatic heterocycles. The van der Waals surface area contributed by atoms with Gasteiger partial charge in [-0.25, -0.2) is 0 Å². The van der Waals surface area contributed by atoms with Crippen LogP contribution in [0.15, 0.2) is 12.3 Å². The van der Waals surface area contributed by atoms with Gasteiger partial charge in [-0.15, -0.1) is 0 Å². The van der Waals surface area contributed by atoms with Crippen molar-refractivity contribution in [2.24, 2.45) is 0 Å². The number of carbonyl (C=O) groups excluding carboxylic acids is 1. The maximum absolute atomic E-state index is 12.1. The fourth-order valence-electron chi connectivity index (χ4n) is 1.82. The second kappa shape index (κ2) is 6.81. The van der Waals surface area contributed by atoms with Gasteiger partial charge >= 0.3 is 0 Å². The molecule has 5 heteroatoms. The monoisotopic (exact) mass is 272 g/mol. The minimum Gasteiger partial charge on any atom is -0.396 e. The van der Waals surface area contributed by atoms with Gasteiger partial charge in [0.15, 0.2) is 0 Å². The fourth-order valence-corrected chi connectivity index (χ4v) is 2.03. The summed E-state index contributed by atoms with van der Waals surface area (Å²) < 4.78 is 1.86. The van der Waals surface area contributed by atoms with Gasteiger partial charge in [-0.1, -0.05) is 11.6 Å². The van der Waals surface area contributed by atoms with Crippen LogP contribution in [-0.2, 0) is 0 Å². The first-order valence-corrected chi connectivity index (χ1v) is 6.62. The second-order valence-electron chi connectivity index (χ2n) is 4.78. The molecule has 0 aromatic carbocycles. The van der Waals surface area contributed by atoms with Crippen molar-refractivity contribution in [3.8, 4) is 0 Å². The zero-order valence-electron chi connectivity index (χ0n) is 11.1. The molecule has 1 aromatic rings. The van der Waals surface area contributed by atoms with Crippen molar-refractivity contribution in [1.82, 2.24) is 9.88 Å². The smallest absolute Gasteiger partial charge is 0.268 e. The van der Waals surface area contributed by atoms with Crippen LogP contribution in [0.1, 0.15) is 50.1 Å². The quantitative estimate of drug-likeness (QED) is 0.836. The first-order valence-electron chi connectivity index (χ1n) is 6.24. The molecule has 0 bridgehead atoms. The fraction of sp³-hybridized carbons (Fsp3) is 0.615. The number of amides is 1. The third-order valence-corrected chi connectivity index (χ3v) is 2.98. The minimum absolute atomic E-state index is 0.0407. The summed E-state index contributed by atoms with van der Waals surface area (Å²) in [5.41, 5.74) is 0.575. The first kappa shape index (κ1) is 15.1. The Morgan fingerprint density at radius 1 is 1.50 bits per heavy atom. The highest BCUT2D eigenvalue weighted by molar-refractivity contribution is 6.31. The summed E-state index contributed by atoms with van der Waals surface area (Å²) in [7, 11) is 0. The summed E-state index contributed by atoms with van der Waals surface area (Å²) in [5.74, 6) is -0.124. The number of aromatic nitrogens is 1. The van der Waals surface area contributed by atoms with Crippen molar-refractivity contribution < 1.29 is 9.90 Å². The van der Waals surface area contributed by atoms with Gasteiger partial charge in [0.1, 0.15) is 5.69 Å². The Hall–Kier alpha value is -1.00. The van der Waals surface area contributed by atoms with Crippen LogP contribution < -0.4 is 5.32 Å². The molecular formula is C13H21ClN2O2. The van der Waals surface area contributed by atoms with Crippen LogP contribution in [0, 0.1) is 0 Å². The van der Waals surface area contributed by atoms with E-state index in [4.69, 9.17) is 16.7 Å². The second-order valence-corrected chi connectivity index (χ2v) is 5.22. The van der Waals surface area contributed by atoms with E-state index in [-0.39, 0.29) is 24.6 Å². The Kier molecular flexibility index (Phi) is 5.69. The number of hydrogen-bond donors (Lipinski definition) is 2. The Bertz CT molecular complexity index is 402. The lowest BCUT2D eigenvalue weighted by Gasteiger charge is -2.16. The molecule has 0 fully saturated rings. The molecule has 0 aliphatic heterocycles. The van der Waals surface area contributed by atoms with E-state index in [1.54, 1.807) is 12.3 Å². The molecule has 0 aliphatic rings. The van der Waals surface area contributed by atoms with E-state index < -0.39 is 0 Å². The number of halogens is 1. The molecule has 4 nitrogen and oxygen atoms in total. The van der Waals surface area contributed by atoms with Gasteiger partial charge in [-0.05, 0) is 39.7 Å². The number of aliphatic hydroxyl groups excluding tert-OH is 1. The van der Waals surface area contributed by atoms with Crippen LogP contribution in [0.4, 0.5) is 0 Å². The predicted octanol–water partition coefficient (Wildman–Crippen LogP) is 2.61. The summed E-state index contributed by atoms with van der Waals surface area (Å²) in [4.78, 5) is 12.1. The number of aliphatic hydroxyl groups is 1. The minimum atomic E-state index is -0.124. The van der Waals surface area contributed by atoms with Crippen molar-refractivity contribution >= 4 is 17.5 Å². The standard InChI is InChI=1S/C13H21ClN2O2/c1-9(2)16-8-11(14)7-12(16)13(18)15-10(3)5-4-6-17/h7-10,17H,4-6H2,1-3H3,(H,15,18). The maximum Gasteiger partial charge on any atom is 0.268 e. The van der Waals surface area contributed by atoms with Crippen LogP contribution >= 0.6 is 11.6 Å². The molecule has 2 N–H and O–H groups in total. The molecule has 0 radical (unpaired) electrons. The third-order valence-electron chi connectivity index (χ3n) is 2.78. The number of hydrogen-bond acceptors (Lipinski definition) is 2. The van der Waals surface area contributed by atoms with E-state index in [2.05, 4.69) is 5.32 Å². The van der Waals surface area contributed by atoms with Crippen molar-refractivity contribution in [3.05, 3.63) is 23.0 Å². The molecule has 1 amide bonds. The van der Waals surface area contributed by atoms with Crippen molar-refractivity contribution in [2.75, 3.05) is 6.61 Å². The van der Waals surface area contributed by atoms with Gasteiger partial charge in [-0.2, -0.15) is 0 Å².